The summed E-state index contributed by atoms with van der Waals surface area (Å²) in [6.45, 7) is 18.3. The molecule has 180 valence electrons. The number of alkyl halides is 1. The molecule has 0 aliphatic heterocycles. The molecular weight excluding hydrogens is 424 g/mol. The van der Waals surface area contributed by atoms with E-state index in [2.05, 4.69) is 49.4 Å². The molecule has 1 heterocycles. The number of methoxy groups -OCH3 is 1. The van der Waals surface area contributed by atoms with Crippen molar-refractivity contribution in [1.29, 1.82) is 0 Å². The number of aryl methyl sites for hydroxylation is 1. The Morgan fingerprint density at radius 2 is 1.85 bits per heavy atom. The van der Waals surface area contributed by atoms with E-state index >= 15 is 0 Å². The van der Waals surface area contributed by atoms with Crippen molar-refractivity contribution in [2.75, 3.05) is 7.11 Å². The third-order valence-corrected chi connectivity index (χ3v) is 3.78. The number of hydrogen-bond acceptors (Lipinski definition) is 4. The molecular formula is C27H35F2NO3. The normalized spacial score (nSPS) is 10.5. The Morgan fingerprint density at radius 3 is 2.30 bits per heavy atom. The number of hydrogen-bond donors (Lipinski definition) is 0. The molecule has 0 amide bonds. The maximum absolute atomic E-state index is 12.8. The van der Waals surface area contributed by atoms with Crippen LogP contribution in [0.1, 0.15) is 56.9 Å². The summed E-state index contributed by atoms with van der Waals surface area (Å²) < 4.78 is 34.9. The highest BCUT2D eigenvalue weighted by Gasteiger charge is 2.07. The van der Waals surface area contributed by atoms with Crippen molar-refractivity contribution in [3.05, 3.63) is 77.4 Å². The topological polar surface area (TPSA) is 48.4 Å². The number of ether oxygens (including phenoxy) is 2. The fourth-order valence-corrected chi connectivity index (χ4v) is 2.38. The van der Waals surface area contributed by atoms with E-state index < -0.39 is 12.2 Å². The average molecular weight is 460 g/mol. The van der Waals surface area contributed by atoms with Crippen molar-refractivity contribution in [3.8, 4) is 5.88 Å². The van der Waals surface area contributed by atoms with Crippen LogP contribution in [0, 0.1) is 18.7 Å². The Hall–Kier alpha value is -3.24. The number of Topliss-reactive ketones (excluding diaryl/α,β-unsaturated/α-hetero) is 1. The number of aromatic nitrogens is 1. The van der Waals surface area contributed by atoms with Gasteiger partial charge in [0.1, 0.15) is 11.6 Å². The smallest absolute Gasteiger partial charge is 0.237 e. The Bertz CT molecular complexity index is 959. The lowest BCUT2D eigenvalue weighted by Gasteiger charge is -2.08. The fraction of sp³-hybridized carbons (Fsp3) is 0.370. The maximum atomic E-state index is 12.8. The first-order valence-corrected chi connectivity index (χ1v) is 10.6. The number of pyridine rings is 1. The maximum Gasteiger partial charge on any atom is 0.237 e. The van der Waals surface area contributed by atoms with E-state index in [1.165, 1.54) is 19.1 Å². The molecule has 0 bridgehead atoms. The van der Waals surface area contributed by atoms with Crippen LogP contribution in [0.25, 0.3) is 11.8 Å². The molecule has 1 atom stereocenters. The van der Waals surface area contributed by atoms with Crippen molar-refractivity contribution in [1.82, 2.24) is 4.98 Å². The molecule has 1 aromatic heterocycles. The first-order chi connectivity index (χ1) is 15.4. The number of benzene rings is 1. The minimum Gasteiger partial charge on any atom is -0.489 e. The van der Waals surface area contributed by atoms with Gasteiger partial charge in [-0.2, -0.15) is 0 Å². The van der Waals surface area contributed by atoms with E-state index in [1.807, 2.05) is 25.1 Å². The third-order valence-electron chi connectivity index (χ3n) is 3.78. The largest absolute Gasteiger partial charge is 0.489 e. The number of rotatable bonds is 7. The Kier molecular flexibility index (Phi) is 14.0. The molecule has 0 N–H and O–H groups in total. The van der Waals surface area contributed by atoms with Crippen LogP contribution in [0.4, 0.5) is 8.78 Å². The van der Waals surface area contributed by atoms with Crippen LogP contribution in [0.2, 0.25) is 0 Å². The molecule has 2 rings (SSSR count). The minimum absolute atomic E-state index is 0.0475. The highest BCUT2D eigenvalue weighted by molar-refractivity contribution is 5.79. The van der Waals surface area contributed by atoms with Gasteiger partial charge in [0.15, 0.2) is 5.76 Å². The molecule has 0 radical (unpaired) electrons. The van der Waals surface area contributed by atoms with Crippen LogP contribution in [0.15, 0.2) is 49.4 Å². The highest BCUT2D eigenvalue weighted by Crippen LogP contribution is 2.19. The minimum atomic E-state index is -1.46. The lowest BCUT2D eigenvalue weighted by Crippen LogP contribution is -2.05. The van der Waals surface area contributed by atoms with Crippen LogP contribution < -0.4 is 4.74 Å². The molecule has 6 heteroatoms. The second kappa shape index (κ2) is 15.5. The predicted octanol–water partition coefficient (Wildman–Crippen LogP) is 7.12. The SMILES string of the molecule is C=C=C(OC)c1ccc(C)c(CC(C)=O)c1.C=Cc1cc(OC(C)F)ncc1F.CC(C)C. The molecule has 0 spiro atoms. The second-order valence-electron chi connectivity index (χ2n) is 7.87. The van der Waals surface area contributed by atoms with Crippen molar-refractivity contribution in [2.24, 2.45) is 5.92 Å². The summed E-state index contributed by atoms with van der Waals surface area (Å²) in [7, 11) is 1.58. The molecule has 1 aromatic carbocycles. The zero-order valence-electron chi connectivity index (χ0n) is 20.7. The van der Waals surface area contributed by atoms with Crippen molar-refractivity contribution in [2.45, 2.75) is 54.3 Å². The molecule has 1 unspecified atom stereocenters. The number of carbonyl (C=O) groups is 1. The summed E-state index contributed by atoms with van der Waals surface area (Å²) in [5, 5.41) is 0. The van der Waals surface area contributed by atoms with Crippen LogP contribution in [-0.4, -0.2) is 24.2 Å². The van der Waals surface area contributed by atoms with E-state index in [1.54, 1.807) is 14.0 Å². The standard InChI is InChI=1S/C14H16O2.C9H9F2NO.C4H10/c1-5-14(16-4)12-7-6-10(2)13(9-12)8-11(3)15;1-3-7-4-9(13-6(2)10)12-5-8(7)11;1-4(2)3/h6-7,9H,1,8H2,2-4H3;3-6H,1H2,2H3;4H,1-3H3. The second-order valence-corrected chi connectivity index (χ2v) is 7.87. The number of carbonyl (C=O) groups excluding carboxylic acids is 1. The zero-order chi connectivity index (χ0) is 25.6. The molecule has 0 saturated carbocycles. The van der Waals surface area contributed by atoms with E-state index in [0.29, 0.717) is 12.2 Å². The molecule has 0 aliphatic rings. The quantitative estimate of drug-likeness (QED) is 0.327. The zero-order valence-corrected chi connectivity index (χ0v) is 20.7. The van der Waals surface area contributed by atoms with E-state index in [-0.39, 0.29) is 17.2 Å². The molecule has 0 fully saturated rings. The summed E-state index contributed by atoms with van der Waals surface area (Å²) >= 11 is 0. The average Bonchev–Trinajstić information content (AvgIpc) is 2.72. The summed E-state index contributed by atoms with van der Waals surface area (Å²) in [6, 6.07) is 7.16. The molecule has 2 aromatic rings. The van der Waals surface area contributed by atoms with Gasteiger partial charge in [-0.1, -0.05) is 57.9 Å². The van der Waals surface area contributed by atoms with Crippen molar-refractivity contribution < 1.29 is 23.0 Å². The van der Waals surface area contributed by atoms with E-state index in [4.69, 9.17) is 4.74 Å². The van der Waals surface area contributed by atoms with Gasteiger partial charge < -0.3 is 9.47 Å². The Labute approximate surface area is 196 Å². The first kappa shape index (κ1) is 29.8. The van der Waals surface area contributed by atoms with Gasteiger partial charge >= 0.3 is 0 Å². The van der Waals surface area contributed by atoms with Gasteiger partial charge in [0.2, 0.25) is 12.2 Å². The van der Waals surface area contributed by atoms with Crippen LogP contribution >= 0.6 is 0 Å². The van der Waals surface area contributed by atoms with Gasteiger partial charge in [-0.15, -0.1) is 0 Å². The summed E-state index contributed by atoms with van der Waals surface area (Å²) in [6.07, 6.45) is 1.27. The number of halogens is 2. The van der Waals surface area contributed by atoms with Gasteiger partial charge in [0.05, 0.1) is 13.3 Å². The lowest BCUT2D eigenvalue weighted by molar-refractivity contribution is -0.116. The van der Waals surface area contributed by atoms with Crippen LogP contribution in [-0.2, 0) is 16.0 Å². The van der Waals surface area contributed by atoms with Gasteiger partial charge in [-0.25, -0.2) is 13.8 Å². The molecule has 0 aliphatic carbocycles. The summed E-state index contributed by atoms with van der Waals surface area (Å²) in [4.78, 5) is 14.7. The Morgan fingerprint density at radius 1 is 1.24 bits per heavy atom. The monoisotopic (exact) mass is 459 g/mol. The third kappa shape index (κ3) is 12.4. The van der Waals surface area contributed by atoms with E-state index in [9.17, 15) is 13.6 Å². The van der Waals surface area contributed by atoms with Crippen LogP contribution in [0.5, 0.6) is 5.88 Å². The van der Waals surface area contributed by atoms with Gasteiger partial charge in [0.25, 0.3) is 0 Å². The first-order valence-electron chi connectivity index (χ1n) is 10.6. The van der Waals surface area contributed by atoms with Gasteiger partial charge in [-0.3, -0.25) is 4.79 Å². The fourth-order valence-electron chi connectivity index (χ4n) is 2.38. The van der Waals surface area contributed by atoms with Crippen molar-refractivity contribution in [3.63, 3.8) is 0 Å². The summed E-state index contributed by atoms with van der Waals surface area (Å²) in [5.74, 6) is 1.13. The molecule has 4 nitrogen and oxygen atoms in total. The molecule has 33 heavy (non-hydrogen) atoms. The predicted molar refractivity (Wildman–Crippen MR) is 131 cm³/mol. The summed E-state index contributed by atoms with van der Waals surface area (Å²) in [5.41, 5.74) is 6.00. The van der Waals surface area contributed by atoms with Gasteiger partial charge in [-0.05, 0) is 37.0 Å². The lowest BCUT2D eigenvalue weighted by atomic mass is 10.00. The number of ketones is 1. The van der Waals surface area contributed by atoms with Crippen molar-refractivity contribution >= 4 is 17.6 Å². The van der Waals surface area contributed by atoms with Gasteiger partial charge in [0, 0.05) is 30.5 Å². The Balaban J connectivity index is 0.000000542. The van der Waals surface area contributed by atoms with E-state index in [0.717, 1.165) is 28.8 Å². The molecule has 0 saturated heterocycles. The highest BCUT2D eigenvalue weighted by atomic mass is 19.1. The van der Waals surface area contributed by atoms with Crippen LogP contribution in [0.3, 0.4) is 0 Å². The number of nitrogens with zero attached hydrogens (tertiary/aromatic N) is 1.